The number of hydrogen-bond donors (Lipinski definition) is 2. The highest BCUT2D eigenvalue weighted by Gasteiger charge is 2.11. The van der Waals surface area contributed by atoms with E-state index in [0.717, 1.165) is 23.7 Å². The Hall–Kier alpha value is -3.02. The zero-order valence-electron chi connectivity index (χ0n) is 15.4. The summed E-state index contributed by atoms with van der Waals surface area (Å²) in [6.07, 6.45) is 2.85. The van der Waals surface area contributed by atoms with Crippen molar-refractivity contribution < 1.29 is 29.3 Å². The lowest BCUT2D eigenvalue weighted by molar-refractivity contribution is 0.111. The molecule has 2 N–H and O–H groups in total. The number of aromatic hydroxyl groups is 2. The van der Waals surface area contributed by atoms with Crippen LogP contribution in [0.4, 0.5) is 0 Å². The molecule has 2 aromatic carbocycles. The highest BCUT2D eigenvalue weighted by molar-refractivity contribution is 5.80. The molecule has 0 spiro atoms. The second-order valence-electron chi connectivity index (χ2n) is 5.31. The van der Waals surface area contributed by atoms with E-state index in [1.165, 1.54) is 26.4 Å². The summed E-state index contributed by atoms with van der Waals surface area (Å²) in [4.78, 5) is 21.3. The molecule has 140 valence electrons. The molecular weight excluding hydrogens is 336 g/mol. The Balaban J connectivity index is 0.000000260. The van der Waals surface area contributed by atoms with Gasteiger partial charge in [-0.25, -0.2) is 0 Å². The zero-order chi connectivity index (χ0) is 19.7. The van der Waals surface area contributed by atoms with Gasteiger partial charge in [0, 0.05) is 22.3 Å². The van der Waals surface area contributed by atoms with Gasteiger partial charge in [0.25, 0.3) is 0 Å². The molecule has 6 nitrogen and oxygen atoms in total. The number of hydrogen-bond acceptors (Lipinski definition) is 6. The molecule has 0 saturated heterocycles. The van der Waals surface area contributed by atoms with Gasteiger partial charge in [0.2, 0.25) is 0 Å². The number of aldehydes is 2. The van der Waals surface area contributed by atoms with Crippen LogP contribution in [0.15, 0.2) is 24.3 Å². The van der Waals surface area contributed by atoms with E-state index in [4.69, 9.17) is 9.47 Å². The minimum Gasteiger partial charge on any atom is -0.504 e. The summed E-state index contributed by atoms with van der Waals surface area (Å²) >= 11 is 0. The molecule has 0 saturated carbocycles. The summed E-state index contributed by atoms with van der Waals surface area (Å²) in [5, 5.41) is 18.8. The number of methoxy groups -OCH3 is 2. The smallest absolute Gasteiger partial charge is 0.164 e. The molecule has 2 rings (SSSR count). The van der Waals surface area contributed by atoms with Gasteiger partial charge in [0.1, 0.15) is 12.6 Å². The van der Waals surface area contributed by atoms with E-state index in [1.807, 2.05) is 13.8 Å². The van der Waals surface area contributed by atoms with Crippen molar-refractivity contribution in [2.45, 2.75) is 26.7 Å². The summed E-state index contributed by atoms with van der Waals surface area (Å²) in [6.45, 7) is 3.81. The van der Waals surface area contributed by atoms with E-state index in [9.17, 15) is 19.8 Å². The lowest BCUT2D eigenvalue weighted by Gasteiger charge is -2.10. The van der Waals surface area contributed by atoms with Crippen LogP contribution in [0.1, 0.15) is 45.7 Å². The Morgan fingerprint density at radius 3 is 1.35 bits per heavy atom. The normalized spacial score (nSPS) is 9.69. The van der Waals surface area contributed by atoms with Crippen molar-refractivity contribution in [2.75, 3.05) is 14.2 Å². The number of phenolic OH excluding ortho intramolecular Hbond substituents is 2. The van der Waals surface area contributed by atoms with Crippen molar-refractivity contribution in [3.8, 4) is 23.0 Å². The first-order chi connectivity index (χ1) is 12.5. The van der Waals surface area contributed by atoms with Gasteiger partial charge in [-0.3, -0.25) is 9.59 Å². The van der Waals surface area contributed by atoms with Gasteiger partial charge in [0.15, 0.2) is 23.0 Å². The van der Waals surface area contributed by atoms with Crippen LogP contribution in [0, 0.1) is 0 Å². The fourth-order valence-electron chi connectivity index (χ4n) is 2.67. The third-order valence-electron chi connectivity index (χ3n) is 3.92. The van der Waals surface area contributed by atoms with Crippen LogP contribution in [-0.4, -0.2) is 37.0 Å². The third kappa shape index (κ3) is 4.53. The van der Waals surface area contributed by atoms with Crippen molar-refractivity contribution in [2.24, 2.45) is 0 Å². The van der Waals surface area contributed by atoms with E-state index in [1.54, 1.807) is 12.1 Å². The van der Waals surface area contributed by atoms with E-state index in [0.29, 0.717) is 35.5 Å². The number of benzene rings is 2. The van der Waals surface area contributed by atoms with Crippen LogP contribution < -0.4 is 9.47 Å². The Morgan fingerprint density at radius 1 is 0.769 bits per heavy atom. The number of phenols is 2. The monoisotopic (exact) mass is 360 g/mol. The summed E-state index contributed by atoms with van der Waals surface area (Å²) in [7, 11) is 2.95. The predicted octanol–water partition coefficient (Wildman–Crippen LogP) is 3.55. The summed E-state index contributed by atoms with van der Waals surface area (Å²) < 4.78 is 10.0. The van der Waals surface area contributed by atoms with Crippen molar-refractivity contribution >= 4 is 12.6 Å². The molecule has 0 atom stereocenters. The fourth-order valence-corrected chi connectivity index (χ4v) is 2.67. The number of carbonyl (C=O) groups is 2. The van der Waals surface area contributed by atoms with Crippen LogP contribution in [0.2, 0.25) is 0 Å². The Morgan fingerprint density at radius 2 is 1.12 bits per heavy atom. The van der Waals surface area contributed by atoms with Crippen molar-refractivity contribution in [3.63, 3.8) is 0 Å². The van der Waals surface area contributed by atoms with Crippen LogP contribution >= 0.6 is 0 Å². The Labute approximate surface area is 153 Å². The van der Waals surface area contributed by atoms with Crippen LogP contribution in [-0.2, 0) is 12.8 Å². The van der Waals surface area contributed by atoms with E-state index < -0.39 is 0 Å². The maximum atomic E-state index is 10.6. The summed E-state index contributed by atoms with van der Waals surface area (Å²) in [6, 6.07) is 6.09. The standard InChI is InChI=1S/2C10H12O3/c2*1-3-8-7(6-11)4-5-9(12)10(8)13-2/h2*4-6,12H,3H2,1-2H3. The molecule has 2 aromatic rings. The number of ether oxygens (including phenoxy) is 2. The van der Waals surface area contributed by atoms with Gasteiger partial charge in [-0.1, -0.05) is 13.8 Å². The van der Waals surface area contributed by atoms with E-state index in [2.05, 4.69) is 0 Å². The van der Waals surface area contributed by atoms with Crippen LogP contribution in [0.5, 0.6) is 23.0 Å². The Bertz CT molecular complexity index is 702. The molecular formula is C20H24O6. The molecule has 26 heavy (non-hydrogen) atoms. The van der Waals surface area contributed by atoms with Gasteiger partial charge < -0.3 is 19.7 Å². The molecule has 0 fully saturated rings. The Kier molecular flexibility index (Phi) is 8.15. The zero-order valence-corrected chi connectivity index (χ0v) is 15.4. The highest BCUT2D eigenvalue weighted by Crippen LogP contribution is 2.32. The first-order valence-electron chi connectivity index (χ1n) is 8.16. The van der Waals surface area contributed by atoms with Crippen LogP contribution in [0.25, 0.3) is 0 Å². The highest BCUT2D eigenvalue weighted by atomic mass is 16.5. The molecule has 0 radical (unpaired) electrons. The van der Waals surface area contributed by atoms with Gasteiger partial charge in [-0.05, 0) is 37.1 Å². The average Bonchev–Trinajstić information content (AvgIpc) is 2.67. The molecule has 0 aliphatic rings. The maximum Gasteiger partial charge on any atom is 0.164 e. The molecule has 0 aliphatic carbocycles. The predicted molar refractivity (Wildman–Crippen MR) is 98.8 cm³/mol. The first kappa shape index (κ1) is 21.0. The molecule has 0 aromatic heterocycles. The van der Waals surface area contributed by atoms with E-state index in [-0.39, 0.29) is 11.5 Å². The lowest BCUT2D eigenvalue weighted by atomic mass is 10.0. The summed E-state index contributed by atoms with van der Waals surface area (Å²) in [5.41, 5.74) is 2.63. The molecule has 0 amide bonds. The molecule has 0 heterocycles. The lowest BCUT2D eigenvalue weighted by Crippen LogP contribution is -1.96. The quantitative estimate of drug-likeness (QED) is 0.765. The summed E-state index contributed by atoms with van der Waals surface area (Å²) in [5.74, 6) is 0.939. The van der Waals surface area contributed by atoms with Crippen molar-refractivity contribution in [1.29, 1.82) is 0 Å². The SMILES string of the molecule is CCc1c(C=O)ccc(O)c1OC.CCc1c(C=O)ccc(O)c1OC. The van der Waals surface area contributed by atoms with E-state index >= 15 is 0 Å². The molecule has 6 heteroatoms. The maximum absolute atomic E-state index is 10.6. The molecule has 0 unspecified atom stereocenters. The topological polar surface area (TPSA) is 93.1 Å². The first-order valence-corrected chi connectivity index (χ1v) is 8.16. The van der Waals surface area contributed by atoms with Crippen molar-refractivity contribution in [1.82, 2.24) is 0 Å². The van der Waals surface area contributed by atoms with Crippen molar-refractivity contribution in [3.05, 3.63) is 46.5 Å². The minimum atomic E-state index is 0.0740. The van der Waals surface area contributed by atoms with Gasteiger partial charge in [-0.15, -0.1) is 0 Å². The fraction of sp³-hybridized carbons (Fsp3) is 0.300. The largest absolute Gasteiger partial charge is 0.504 e. The second kappa shape index (κ2) is 10.1. The van der Waals surface area contributed by atoms with Crippen LogP contribution in [0.3, 0.4) is 0 Å². The minimum absolute atomic E-state index is 0.0740. The molecule has 0 bridgehead atoms. The average molecular weight is 360 g/mol. The molecule has 0 aliphatic heterocycles. The van der Waals surface area contributed by atoms with Gasteiger partial charge in [-0.2, -0.15) is 0 Å². The van der Waals surface area contributed by atoms with Gasteiger partial charge >= 0.3 is 0 Å². The number of carbonyl (C=O) groups excluding carboxylic acids is 2. The third-order valence-corrected chi connectivity index (χ3v) is 3.92. The van der Waals surface area contributed by atoms with Gasteiger partial charge in [0.05, 0.1) is 14.2 Å². The number of rotatable bonds is 6. The second-order valence-corrected chi connectivity index (χ2v) is 5.31.